The van der Waals surface area contributed by atoms with Gasteiger partial charge in [-0.1, -0.05) is 0 Å². The standard InChI is InChI=1S/C16H23ClN4O5/c1-16(2,3)26-15(22)19-11-6-4-5-10(7-11)18-12-9-20(23)14(17)8-13(12)21(24)25/h8-11,18H,4-7H2,1-3H3,(H,19,22)/t10-,11+/m1/s1. The molecule has 0 radical (unpaired) electrons. The molecular weight excluding hydrogens is 364 g/mol. The number of hydrogen-bond acceptors (Lipinski definition) is 6. The van der Waals surface area contributed by atoms with E-state index in [-0.39, 0.29) is 28.6 Å². The van der Waals surface area contributed by atoms with Gasteiger partial charge in [0, 0.05) is 12.1 Å². The summed E-state index contributed by atoms with van der Waals surface area (Å²) in [4.78, 5) is 22.5. The minimum absolute atomic E-state index is 0.109. The van der Waals surface area contributed by atoms with Crippen molar-refractivity contribution >= 4 is 29.1 Å². The zero-order valence-corrected chi connectivity index (χ0v) is 15.7. The molecular formula is C16H23ClN4O5. The van der Waals surface area contributed by atoms with Gasteiger partial charge in [-0.3, -0.25) is 10.1 Å². The van der Waals surface area contributed by atoms with Crippen molar-refractivity contribution in [2.24, 2.45) is 0 Å². The third kappa shape index (κ3) is 5.62. The molecule has 1 fully saturated rings. The van der Waals surface area contributed by atoms with Crippen LogP contribution in [0.4, 0.5) is 16.2 Å². The Balaban J connectivity index is 2.03. The maximum atomic E-state index is 11.9. The van der Waals surface area contributed by atoms with E-state index < -0.39 is 16.6 Å². The summed E-state index contributed by atoms with van der Waals surface area (Å²) in [5, 5.41) is 28.4. The van der Waals surface area contributed by atoms with E-state index in [1.54, 1.807) is 20.8 Å². The van der Waals surface area contributed by atoms with Crippen molar-refractivity contribution < 1.29 is 19.2 Å². The number of nitrogens with zero attached hydrogens (tertiary/aromatic N) is 2. The molecule has 2 N–H and O–H groups in total. The lowest BCUT2D eigenvalue weighted by Gasteiger charge is -2.31. The first-order chi connectivity index (χ1) is 12.0. The average molecular weight is 387 g/mol. The molecule has 9 nitrogen and oxygen atoms in total. The fourth-order valence-corrected chi connectivity index (χ4v) is 3.06. The number of rotatable bonds is 4. The molecule has 1 aliphatic rings. The van der Waals surface area contributed by atoms with E-state index in [1.807, 2.05) is 0 Å². The van der Waals surface area contributed by atoms with Crippen LogP contribution < -0.4 is 15.4 Å². The van der Waals surface area contributed by atoms with Gasteiger partial charge in [0.05, 0.1) is 4.92 Å². The number of anilines is 1. The number of nitro groups is 1. The highest BCUT2D eigenvalue weighted by molar-refractivity contribution is 6.28. The van der Waals surface area contributed by atoms with Crippen molar-refractivity contribution in [3.05, 3.63) is 32.7 Å². The molecule has 26 heavy (non-hydrogen) atoms. The second kappa shape index (κ2) is 7.94. The van der Waals surface area contributed by atoms with Gasteiger partial charge < -0.3 is 20.6 Å². The summed E-state index contributed by atoms with van der Waals surface area (Å²) in [5.41, 5.74) is -0.733. The SMILES string of the molecule is CC(C)(C)OC(=O)N[C@H]1CCC[C@@H](Nc2c[n+]([O-])c(Cl)cc2[N+](=O)[O-])C1. The van der Waals surface area contributed by atoms with Crippen molar-refractivity contribution in [3.63, 3.8) is 0 Å². The molecule has 144 valence electrons. The Hall–Kier alpha value is -2.29. The molecule has 1 aromatic heterocycles. The van der Waals surface area contributed by atoms with Gasteiger partial charge in [-0.25, -0.2) is 4.79 Å². The maximum absolute atomic E-state index is 11.9. The zero-order chi connectivity index (χ0) is 19.5. The lowest BCUT2D eigenvalue weighted by atomic mass is 9.91. The van der Waals surface area contributed by atoms with Crippen LogP contribution in [-0.2, 0) is 4.74 Å². The number of pyridine rings is 1. The fourth-order valence-electron chi connectivity index (χ4n) is 2.91. The van der Waals surface area contributed by atoms with E-state index in [0.717, 1.165) is 31.5 Å². The zero-order valence-electron chi connectivity index (χ0n) is 15.0. The van der Waals surface area contributed by atoms with Crippen LogP contribution in [0.1, 0.15) is 46.5 Å². The van der Waals surface area contributed by atoms with Crippen LogP contribution in [0.5, 0.6) is 0 Å². The van der Waals surface area contributed by atoms with Gasteiger partial charge in [0.1, 0.15) is 11.7 Å². The second-order valence-corrected chi connectivity index (χ2v) is 7.72. The van der Waals surface area contributed by atoms with Crippen molar-refractivity contribution in [3.8, 4) is 0 Å². The van der Waals surface area contributed by atoms with Crippen molar-refractivity contribution in [1.29, 1.82) is 0 Å². The second-order valence-electron chi connectivity index (χ2n) is 7.33. The first-order valence-electron chi connectivity index (χ1n) is 8.38. The molecule has 0 aliphatic heterocycles. The largest absolute Gasteiger partial charge is 0.618 e. The first kappa shape index (κ1) is 20.0. The van der Waals surface area contributed by atoms with Crippen molar-refractivity contribution in [2.45, 2.75) is 64.1 Å². The third-order valence-electron chi connectivity index (χ3n) is 3.94. The molecule has 10 heteroatoms. The summed E-state index contributed by atoms with van der Waals surface area (Å²) >= 11 is 5.66. The maximum Gasteiger partial charge on any atom is 0.407 e. The van der Waals surface area contributed by atoms with Crippen LogP contribution in [0.3, 0.4) is 0 Å². The van der Waals surface area contributed by atoms with Gasteiger partial charge in [-0.2, -0.15) is 4.73 Å². The summed E-state index contributed by atoms with van der Waals surface area (Å²) in [5.74, 6) is 0. The Bertz CT molecular complexity index is 692. The molecule has 1 saturated carbocycles. The van der Waals surface area contributed by atoms with E-state index in [9.17, 15) is 20.1 Å². The van der Waals surface area contributed by atoms with Crippen molar-refractivity contribution in [1.82, 2.24) is 5.32 Å². The van der Waals surface area contributed by atoms with Crippen LogP contribution in [0, 0.1) is 15.3 Å². The third-order valence-corrected chi connectivity index (χ3v) is 4.22. The van der Waals surface area contributed by atoms with Gasteiger partial charge in [0.15, 0.2) is 5.69 Å². The average Bonchev–Trinajstić information content (AvgIpc) is 2.48. The Morgan fingerprint density at radius 3 is 2.65 bits per heavy atom. The normalized spacial score (nSPS) is 20.3. The molecule has 2 rings (SSSR count). The lowest BCUT2D eigenvalue weighted by molar-refractivity contribution is -0.602. The number of nitrogens with one attached hydrogen (secondary N) is 2. The molecule has 0 spiro atoms. The number of carbonyl (C=O) groups is 1. The summed E-state index contributed by atoms with van der Waals surface area (Å²) in [6.07, 6.45) is 3.53. The number of amides is 1. The molecule has 1 aliphatic carbocycles. The highest BCUT2D eigenvalue weighted by atomic mass is 35.5. The number of carbonyl (C=O) groups excluding carboxylic acids is 1. The van der Waals surface area contributed by atoms with Gasteiger partial charge in [-0.05, 0) is 58.1 Å². The number of ether oxygens (including phenoxy) is 1. The fraction of sp³-hybridized carbons (Fsp3) is 0.625. The lowest BCUT2D eigenvalue weighted by Crippen LogP contribution is -2.44. The number of aromatic nitrogens is 1. The molecule has 1 aromatic rings. The van der Waals surface area contributed by atoms with Gasteiger partial charge >= 0.3 is 11.8 Å². The summed E-state index contributed by atoms with van der Waals surface area (Å²) in [6, 6.07) is 0.793. The quantitative estimate of drug-likeness (QED) is 0.269. The molecule has 0 unspecified atom stereocenters. The monoisotopic (exact) mass is 386 g/mol. The summed E-state index contributed by atoms with van der Waals surface area (Å²) < 4.78 is 5.63. The van der Waals surface area contributed by atoms with E-state index in [2.05, 4.69) is 10.6 Å². The topological polar surface area (TPSA) is 120 Å². The first-order valence-corrected chi connectivity index (χ1v) is 8.76. The molecule has 0 bridgehead atoms. The molecule has 0 saturated heterocycles. The summed E-state index contributed by atoms with van der Waals surface area (Å²) in [7, 11) is 0. The van der Waals surface area contributed by atoms with E-state index in [1.165, 1.54) is 0 Å². The van der Waals surface area contributed by atoms with Crippen LogP contribution in [0.15, 0.2) is 12.3 Å². The minimum atomic E-state index is -0.590. The summed E-state index contributed by atoms with van der Waals surface area (Å²) in [6.45, 7) is 5.36. The molecule has 1 heterocycles. The Morgan fingerprint density at radius 2 is 2.04 bits per heavy atom. The molecule has 1 amide bonds. The van der Waals surface area contributed by atoms with Gasteiger partial charge in [0.25, 0.3) is 5.15 Å². The van der Waals surface area contributed by atoms with Crippen LogP contribution >= 0.6 is 11.6 Å². The Labute approximate surface area is 156 Å². The van der Waals surface area contributed by atoms with Gasteiger partial charge in [0.2, 0.25) is 6.20 Å². The highest BCUT2D eigenvalue weighted by Crippen LogP contribution is 2.29. The van der Waals surface area contributed by atoms with Crippen LogP contribution in [0.2, 0.25) is 5.15 Å². The molecule has 2 atom stereocenters. The van der Waals surface area contributed by atoms with E-state index in [4.69, 9.17) is 16.3 Å². The predicted molar refractivity (Wildman–Crippen MR) is 96.1 cm³/mol. The predicted octanol–water partition coefficient (Wildman–Crippen LogP) is 3.13. The van der Waals surface area contributed by atoms with Crippen LogP contribution in [0.25, 0.3) is 0 Å². The number of alkyl carbamates (subject to hydrolysis) is 1. The minimum Gasteiger partial charge on any atom is -0.618 e. The van der Waals surface area contributed by atoms with Crippen molar-refractivity contribution in [2.75, 3.05) is 5.32 Å². The van der Waals surface area contributed by atoms with E-state index >= 15 is 0 Å². The Morgan fingerprint density at radius 1 is 1.38 bits per heavy atom. The molecule has 0 aromatic carbocycles. The smallest absolute Gasteiger partial charge is 0.407 e. The number of hydrogen-bond donors (Lipinski definition) is 2. The van der Waals surface area contributed by atoms with Gasteiger partial charge in [-0.15, -0.1) is 0 Å². The Kier molecular flexibility index (Phi) is 6.12. The van der Waals surface area contributed by atoms with E-state index in [0.29, 0.717) is 11.2 Å². The highest BCUT2D eigenvalue weighted by Gasteiger charge is 2.28. The van der Waals surface area contributed by atoms with Crippen LogP contribution in [-0.4, -0.2) is 28.7 Å². The number of halogens is 1.